The number of halogens is 2. The highest BCUT2D eigenvalue weighted by atomic mass is 19.1. The van der Waals surface area contributed by atoms with Crippen LogP contribution in [0.5, 0.6) is 0 Å². The van der Waals surface area contributed by atoms with Crippen molar-refractivity contribution < 1.29 is 23.4 Å². The Bertz CT molecular complexity index is 931. The molecule has 1 aliphatic carbocycles. The lowest BCUT2D eigenvalue weighted by molar-refractivity contribution is 0.0694. The number of rotatable bonds is 3. The van der Waals surface area contributed by atoms with Crippen molar-refractivity contribution in [1.29, 1.82) is 0 Å². The predicted molar refractivity (Wildman–Crippen MR) is 86.4 cm³/mol. The minimum Gasteiger partial charge on any atom is -0.477 e. The third-order valence-corrected chi connectivity index (χ3v) is 4.68. The molecule has 0 spiro atoms. The fourth-order valence-corrected chi connectivity index (χ4v) is 3.30. The molecule has 2 aliphatic rings. The maximum Gasteiger partial charge on any atom is 0.341 e. The molecule has 1 saturated heterocycles. The summed E-state index contributed by atoms with van der Waals surface area (Å²) in [5.41, 5.74) is -1.56. The van der Waals surface area contributed by atoms with Gasteiger partial charge in [0.2, 0.25) is 5.43 Å². The monoisotopic (exact) mass is 350 g/mol. The van der Waals surface area contributed by atoms with E-state index in [4.69, 9.17) is 4.74 Å². The molecule has 2 aromatic rings. The number of anilines is 1. The molecule has 4 rings (SSSR count). The zero-order chi connectivity index (χ0) is 17.7. The number of carbonyl (C=O) groups is 1. The molecular formula is C17H16F2N2O4. The van der Waals surface area contributed by atoms with E-state index in [9.17, 15) is 19.1 Å². The molecule has 2 fully saturated rings. The summed E-state index contributed by atoms with van der Waals surface area (Å²) in [5, 5.41) is 8.99. The van der Waals surface area contributed by atoms with Gasteiger partial charge in [-0.2, -0.15) is 0 Å². The summed E-state index contributed by atoms with van der Waals surface area (Å²) in [6, 6.07) is 0.885. The van der Waals surface area contributed by atoms with E-state index in [2.05, 4.69) is 0 Å². The Morgan fingerprint density at radius 3 is 2.52 bits per heavy atom. The van der Waals surface area contributed by atoms with Gasteiger partial charge in [-0.1, -0.05) is 0 Å². The maximum absolute atomic E-state index is 15.2. The summed E-state index contributed by atoms with van der Waals surface area (Å²) in [4.78, 5) is 25.3. The Morgan fingerprint density at radius 2 is 1.92 bits per heavy atom. The zero-order valence-electron chi connectivity index (χ0n) is 13.3. The van der Waals surface area contributed by atoms with Crippen molar-refractivity contribution in [2.24, 2.45) is 0 Å². The molecule has 1 aromatic carbocycles. The molecule has 1 aliphatic heterocycles. The number of carboxylic acid groups (broad SMARTS) is 1. The quantitative estimate of drug-likeness (QED) is 0.918. The van der Waals surface area contributed by atoms with Crippen molar-refractivity contribution in [3.8, 4) is 0 Å². The lowest BCUT2D eigenvalue weighted by atomic mass is 10.1. The number of nitrogens with zero attached hydrogens (tertiary/aromatic N) is 2. The summed E-state index contributed by atoms with van der Waals surface area (Å²) in [6.45, 7) is 1.43. The first-order valence-corrected chi connectivity index (χ1v) is 8.12. The number of benzene rings is 1. The van der Waals surface area contributed by atoms with Crippen LogP contribution in [0.2, 0.25) is 0 Å². The van der Waals surface area contributed by atoms with Crippen LogP contribution in [0.1, 0.15) is 29.2 Å². The Kier molecular flexibility index (Phi) is 3.72. The van der Waals surface area contributed by atoms with E-state index in [-0.39, 0.29) is 22.6 Å². The van der Waals surface area contributed by atoms with Crippen LogP contribution in [-0.4, -0.2) is 41.9 Å². The van der Waals surface area contributed by atoms with Crippen LogP contribution in [0.4, 0.5) is 14.5 Å². The Hall–Kier alpha value is -2.48. The number of aromatic nitrogens is 1. The smallest absolute Gasteiger partial charge is 0.341 e. The topological polar surface area (TPSA) is 71.8 Å². The predicted octanol–water partition coefficient (Wildman–Crippen LogP) is 2.15. The van der Waals surface area contributed by atoms with Crippen LogP contribution in [0.3, 0.4) is 0 Å². The molecule has 0 atom stereocenters. The van der Waals surface area contributed by atoms with E-state index in [1.807, 2.05) is 0 Å². The van der Waals surface area contributed by atoms with Gasteiger partial charge < -0.3 is 19.3 Å². The average Bonchev–Trinajstić information content (AvgIpc) is 3.41. The Labute approximate surface area is 141 Å². The number of pyridine rings is 1. The van der Waals surface area contributed by atoms with E-state index in [0.29, 0.717) is 26.3 Å². The second-order valence-corrected chi connectivity index (χ2v) is 6.33. The number of aromatic carboxylic acids is 1. The number of carboxylic acids is 1. The molecular weight excluding hydrogens is 334 g/mol. The first-order valence-electron chi connectivity index (χ1n) is 8.12. The van der Waals surface area contributed by atoms with E-state index < -0.39 is 28.6 Å². The highest BCUT2D eigenvalue weighted by Crippen LogP contribution is 2.39. The van der Waals surface area contributed by atoms with Gasteiger partial charge in [0.1, 0.15) is 17.1 Å². The van der Waals surface area contributed by atoms with Gasteiger partial charge in [-0.25, -0.2) is 13.6 Å². The summed E-state index contributed by atoms with van der Waals surface area (Å²) < 4.78 is 36.5. The minimum atomic E-state index is -1.40. The third kappa shape index (κ3) is 2.57. The van der Waals surface area contributed by atoms with Crippen LogP contribution in [0.25, 0.3) is 10.9 Å². The molecule has 8 heteroatoms. The summed E-state index contributed by atoms with van der Waals surface area (Å²) in [6.07, 6.45) is 2.70. The van der Waals surface area contributed by atoms with Gasteiger partial charge in [0.25, 0.3) is 0 Å². The fraction of sp³-hybridized carbons (Fsp3) is 0.412. The molecule has 0 amide bonds. The van der Waals surface area contributed by atoms with Crippen LogP contribution in [-0.2, 0) is 4.74 Å². The van der Waals surface area contributed by atoms with Gasteiger partial charge in [0.15, 0.2) is 5.82 Å². The second kappa shape index (κ2) is 5.80. The molecule has 25 heavy (non-hydrogen) atoms. The number of ether oxygens (including phenoxy) is 1. The standard InChI is InChI=1S/C17H16F2N2O4/c18-12-7-10-14(13(19)15(12)20-3-5-25-6-4-20)21(9-1-2-9)8-11(16(10)22)17(23)24/h7-9H,1-6H2,(H,23,24). The van der Waals surface area contributed by atoms with Crippen molar-refractivity contribution in [2.75, 3.05) is 31.2 Å². The van der Waals surface area contributed by atoms with Gasteiger partial charge >= 0.3 is 5.97 Å². The maximum atomic E-state index is 15.2. The largest absolute Gasteiger partial charge is 0.477 e. The number of hydrogen-bond acceptors (Lipinski definition) is 4. The van der Waals surface area contributed by atoms with Gasteiger partial charge in [-0.15, -0.1) is 0 Å². The van der Waals surface area contributed by atoms with E-state index in [1.54, 1.807) is 4.90 Å². The van der Waals surface area contributed by atoms with Crippen molar-refractivity contribution in [2.45, 2.75) is 18.9 Å². The number of fused-ring (bicyclic) bond motifs is 1. The molecule has 2 heterocycles. The molecule has 0 unspecified atom stereocenters. The number of hydrogen-bond donors (Lipinski definition) is 1. The molecule has 6 nitrogen and oxygen atoms in total. The molecule has 132 valence electrons. The summed E-state index contributed by atoms with van der Waals surface area (Å²) in [5.74, 6) is -3.09. The van der Waals surface area contributed by atoms with E-state index in [0.717, 1.165) is 18.9 Å². The molecule has 0 radical (unpaired) electrons. The molecule has 0 bridgehead atoms. The Balaban J connectivity index is 2.02. The van der Waals surface area contributed by atoms with Gasteiger partial charge in [-0.05, 0) is 18.9 Å². The van der Waals surface area contributed by atoms with Gasteiger partial charge in [-0.3, -0.25) is 4.79 Å². The Morgan fingerprint density at radius 1 is 1.24 bits per heavy atom. The van der Waals surface area contributed by atoms with Gasteiger partial charge in [0, 0.05) is 25.3 Å². The van der Waals surface area contributed by atoms with Crippen molar-refractivity contribution in [3.63, 3.8) is 0 Å². The van der Waals surface area contributed by atoms with Crippen LogP contribution in [0, 0.1) is 11.6 Å². The minimum absolute atomic E-state index is 0.0274. The van der Waals surface area contributed by atoms with E-state index >= 15 is 4.39 Å². The van der Waals surface area contributed by atoms with Crippen LogP contribution in [0.15, 0.2) is 17.1 Å². The lowest BCUT2D eigenvalue weighted by Gasteiger charge is -2.30. The summed E-state index contributed by atoms with van der Waals surface area (Å²) >= 11 is 0. The second-order valence-electron chi connectivity index (χ2n) is 6.33. The SMILES string of the molecule is O=C(O)c1cn(C2CC2)c2c(F)c(N3CCOCC3)c(F)cc2c1=O. The highest BCUT2D eigenvalue weighted by molar-refractivity contribution is 5.94. The normalized spacial score (nSPS) is 17.9. The first-order chi connectivity index (χ1) is 12.0. The van der Waals surface area contributed by atoms with E-state index in [1.165, 1.54) is 10.8 Å². The molecule has 1 saturated carbocycles. The number of morpholine rings is 1. The molecule has 1 N–H and O–H groups in total. The third-order valence-electron chi connectivity index (χ3n) is 4.68. The van der Waals surface area contributed by atoms with Crippen molar-refractivity contribution >= 4 is 22.6 Å². The van der Waals surface area contributed by atoms with Crippen LogP contribution >= 0.6 is 0 Å². The lowest BCUT2D eigenvalue weighted by Crippen LogP contribution is -2.37. The van der Waals surface area contributed by atoms with Crippen molar-refractivity contribution in [3.05, 3.63) is 39.7 Å². The molecule has 1 aromatic heterocycles. The van der Waals surface area contributed by atoms with Crippen LogP contribution < -0.4 is 10.3 Å². The van der Waals surface area contributed by atoms with Gasteiger partial charge in [0.05, 0.1) is 24.1 Å². The van der Waals surface area contributed by atoms with Crippen molar-refractivity contribution in [1.82, 2.24) is 4.57 Å². The highest BCUT2D eigenvalue weighted by Gasteiger charge is 2.31. The average molecular weight is 350 g/mol. The first kappa shape index (κ1) is 16.0. The fourth-order valence-electron chi connectivity index (χ4n) is 3.30. The summed E-state index contributed by atoms with van der Waals surface area (Å²) in [7, 11) is 0. The zero-order valence-corrected chi connectivity index (χ0v) is 13.3.